The lowest BCUT2D eigenvalue weighted by molar-refractivity contribution is 0.0635. The molecule has 1 atom stereocenters. The Balaban J connectivity index is 2.78. The number of hydrogen-bond acceptors (Lipinski definition) is 4. The first kappa shape index (κ1) is 14.8. The number of carbonyl (C=O) groups is 1. The van der Waals surface area contributed by atoms with Gasteiger partial charge in [0.05, 0.1) is 5.69 Å². The molecule has 1 unspecified atom stereocenters. The average molecular weight is 262 g/mol. The van der Waals surface area contributed by atoms with Crippen molar-refractivity contribution in [2.24, 2.45) is 0 Å². The van der Waals surface area contributed by atoms with Crippen LogP contribution < -0.4 is 10.1 Å². The van der Waals surface area contributed by atoms with Crippen LogP contribution in [0, 0.1) is 11.3 Å². The standard InChI is InChI=1S/C14H18N2O3/c1-10(9-15)18-12-8-6-5-7-11(12)16-13(17)19-14(2,3)4/h5-8,10H,1-4H3,(H,16,17). The second-order valence-electron chi connectivity index (χ2n) is 5.01. The molecular formula is C14H18N2O3. The highest BCUT2D eigenvalue weighted by atomic mass is 16.6. The van der Waals surface area contributed by atoms with E-state index in [-0.39, 0.29) is 0 Å². The molecule has 0 aliphatic rings. The molecule has 5 heteroatoms. The smallest absolute Gasteiger partial charge is 0.412 e. The number of anilines is 1. The van der Waals surface area contributed by atoms with Crippen molar-refractivity contribution in [3.63, 3.8) is 0 Å². The van der Waals surface area contributed by atoms with Crippen molar-refractivity contribution < 1.29 is 14.3 Å². The molecule has 0 aliphatic heterocycles. The van der Waals surface area contributed by atoms with Crippen LogP contribution in [0.25, 0.3) is 0 Å². The Kier molecular flexibility index (Phi) is 4.76. The molecule has 102 valence electrons. The highest BCUT2D eigenvalue weighted by Gasteiger charge is 2.17. The van der Waals surface area contributed by atoms with E-state index in [1.165, 1.54) is 0 Å². The summed E-state index contributed by atoms with van der Waals surface area (Å²) in [6.45, 7) is 6.98. The molecule has 1 N–H and O–H groups in total. The van der Waals surface area contributed by atoms with Crippen molar-refractivity contribution in [1.82, 2.24) is 0 Å². The Morgan fingerprint density at radius 2 is 2.00 bits per heavy atom. The van der Waals surface area contributed by atoms with Crippen molar-refractivity contribution >= 4 is 11.8 Å². The SMILES string of the molecule is CC(C#N)Oc1ccccc1NC(=O)OC(C)(C)C. The van der Waals surface area contributed by atoms with Crippen molar-refractivity contribution in [2.75, 3.05) is 5.32 Å². The van der Waals surface area contributed by atoms with Gasteiger partial charge in [-0.1, -0.05) is 12.1 Å². The van der Waals surface area contributed by atoms with Crippen LogP contribution in [0.4, 0.5) is 10.5 Å². The highest BCUT2D eigenvalue weighted by Crippen LogP contribution is 2.25. The summed E-state index contributed by atoms with van der Waals surface area (Å²) in [6, 6.07) is 8.86. The molecule has 0 fully saturated rings. The largest absolute Gasteiger partial charge is 0.474 e. The lowest BCUT2D eigenvalue weighted by atomic mass is 10.2. The molecule has 0 saturated carbocycles. The van der Waals surface area contributed by atoms with Crippen LogP contribution in [0.3, 0.4) is 0 Å². The van der Waals surface area contributed by atoms with Crippen LogP contribution in [0.2, 0.25) is 0 Å². The number of carbonyl (C=O) groups excluding carboxylic acids is 1. The number of para-hydroxylation sites is 2. The maximum Gasteiger partial charge on any atom is 0.412 e. The van der Waals surface area contributed by atoms with Crippen LogP contribution in [0.15, 0.2) is 24.3 Å². The van der Waals surface area contributed by atoms with E-state index in [2.05, 4.69) is 5.32 Å². The van der Waals surface area contributed by atoms with Gasteiger partial charge in [0.25, 0.3) is 0 Å². The van der Waals surface area contributed by atoms with Gasteiger partial charge >= 0.3 is 6.09 Å². The summed E-state index contributed by atoms with van der Waals surface area (Å²) in [5.41, 5.74) is -0.0985. The van der Waals surface area contributed by atoms with E-state index in [9.17, 15) is 4.79 Å². The molecule has 19 heavy (non-hydrogen) atoms. The number of nitrogens with one attached hydrogen (secondary N) is 1. The summed E-state index contributed by atoms with van der Waals surface area (Å²) in [7, 11) is 0. The summed E-state index contributed by atoms with van der Waals surface area (Å²) < 4.78 is 10.6. The van der Waals surface area contributed by atoms with E-state index in [1.807, 2.05) is 6.07 Å². The first-order valence-corrected chi connectivity index (χ1v) is 5.97. The van der Waals surface area contributed by atoms with E-state index in [4.69, 9.17) is 14.7 Å². The Labute approximate surface area is 113 Å². The predicted molar refractivity (Wildman–Crippen MR) is 72.0 cm³/mol. The van der Waals surface area contributed by atoms with Gasteiger partial charge in [0.15, 0.2) is 6.10 Å². The summed E-state index contributed by atoms with van der Waals surface area (Å²) >= 11 is 0. The number of ether oxygens (including phenoxy) is 2. The Morgan fingerprint density at radius 3 is 2.58 bits per heavy atom. The van der Waals surface area contributed by atoms with E-state index in [1.54, 1.807) is 52.0 Å². The van der Waals surface area contributed by atoms with Gasteiger partial charge in [-0.3, -0.25) is 5.32 Å². The van der Waals surface area contributed by atoms with Crippen molar-refractivity contribution in [3.05, 3.63) is 24.3 Å². The van der Waals surface area contributed by atoms with E-state index < -0.39 is 17.8 Å². The zero-order valence-corrected chi connectivity index (χ0v) is 11.6. The van der Waals surface area contributed by atoms with Gasteiger partial charge in [0.2, 0.25) is 0 Å². The lowest BCUT2D eigenvalue weighted by Gasteiger charge is -2.20. The first-order chi connectivity index (χ1) is 8.81. The topological polar surface area (TPSA) is 71.3 Å². The maximum atomic E-state index is 11.7. The molecule has 1 aromatic rings. The van der Waals surface area contributed by atoms with Gasteiger partial charge in [-0.05, 0) is 39.8 Å². The van der Waals surface area contributed by atoms with E-state index in [0.717, 1.165) is 0 Å². The normalized spacial score (nSPS) is 12.2. The monoisotopic (exact) mass is 262 g/mol. The van der Waals surface area contributed by atoms with Gasteiger partial charge in [0.1, 0.15) is 17.4 Å². The van der Waals surface area contributed by atoms with Crippen molar-refractivity contribution in [3.8, 4) is 11.8 Å². The van der Waals surface area contributed by atoms with Crippen molar-refractivity contribution in [1.29, 1.82) is 5.26 Å². The third-order valence-corrected chi connectivity index (χ3v) is 2.01. The molecule has 0 radical (unpaired) electrons. The Bertz CT molecular complexity index is 486. The molecule has 0 aromatic heterocycles. The van der Waals surface area contributed by atoms with E-state index >= 15 is 0 Å². The third kappa shape index (κ3) is 5.30. The molecule has 0 spiro atoms. The number of benzene rings is 1. The van der Waals surface area contributed by atoms with Crippen LogP contribution >= 0.6 is 0 Å². The first-order valence-electron chi connectivity index (χ1n) is 5.97. The van der Waals surface area contributed by atoms with Crippen LogP contribution in [0.1, 0.15) is 27.7 Å². The second-order valence-corrected chi connectivity index (χ2v) is 5.01. The maximum absolute atomic E-state index is 11.7. The fourth-order valence-corrected chi connectivity index (χ4v) is 1.30. The number of amides is 1. The molecule has 0 saturated heterocycles. The zero-order valence-electron chi connectivity index (χ0n) is 11.6. The van der Waals surface area contributed by atoms with Gasteiger partial charge in [-0.2, -0.15) is 5.26 Å². The minimum absolute atomic E-state index is 0.433. The van der Waals surface area contributed by atoms with Crippen LogP contribution in [-0.2, 0) is 4.74 Å². The molecule has 0 bridgehead atoms. The summed E-state index contributed by atoms with van der Waals surface area (Å²) in [6.07, 6.45) is -1.16. The van der Waals surface area contributed by atoms with E-state index in [0.29, 0.717) is 11.4 Å². The predicted octanol–water partition coefficient (Wildman–Crippen LogP) is 3.32. The van der Waals surface area contributed by atoms with Gasteiger partial charge < -0.3 is 9.47 Å². The fraction of sp³-hybridized carbons (Fsp3) is 0.429. The Morgan fingerprint density at radius 1 is 1.37 bits per heavy atom. The van der Waals surface area contributed by atoms with Gasteiger partial charge in [-0.15, -0.1) is 0 Å². The zero-order chi connectivity index (χ0) is 14.5. The minimum Gasteiger partial charge on any atom is -0.474 e. The number of hydrogen-bond donors (Lipinski definition) is 1. The van der Waals surface area contributed by atoms with Crippen LogP contribution in [-0.4, -0.2) is 17.8 Å². The number of nitrogens with zero attached hydrogens (tertiary/aromatic N) is 1. The Hall–Kier alpha value is -2.22. The molecule has 0 aliphatic carbocycles. The summed E-state index contributed by atoms with van der Waals surface area (Å²) in [4.78, 5) is 11.7. The molecule has 1 rings (SSSR count). The average Bonchev–Trinajstić information content (AvgIpc) is 2.29. The minimum atomic E-state index is -0.596. The molecule has 1 amide bonds. The van der Waals surface area contributed by atoms with Crippen LogP contribution in [0.5, 0.6) is 5.75 Å². The molecule has 1 aromatic carbocycles. The summed E-state index contributed by atoms with van der Waals surface area (Å²) in [5, 5.41) is 11.3. The quantitative estimate of drug-likeness (QED) is 0.907. The van der Waals surface area contributed by atoms with Gasteiger partial charge in [0, 0.05) is 0 Å². The fourth-order valence-electron chi connectivity index (χ4n) is 1.30. The van der Waals surface area contributed by atoms with Gasteiger partial charge in [-0.25, -0.2) is 4.79 Å². The second kappa shape index (κ2) is 6.10. The highest BCUT2D eigenvalue weighted by molar-refractivity contribution is 5.86. The molecule has 0 heterocycles. The van der Waals surface area contributed by atoms with Crippen molar-refractivity contribution in [2.45, 2.75) is 39.4 Å². The summed E-state index contributed by atoms with van der Waals surface area (Å²) in [5.74, 6) is 0.433. The molecule has 5 nitrogen and oxygen atoms in total. The number of rotatable bonds is 3. The molecular weight excluding hydrogens is 244 g/mol. The lowest BCUT2D eigenvalue weighted by Crippen LogP contribution is -2.27. The number of nitriles is 1. The third-order valence-electron chi connectivity index (χ3n) is 2.01.